The molecule has 2 aromatic rings. The van der Waals surface area contributed by atoms with Gasteiger partial charge in [-0.2, -0.15) is 8.78 Å². The van der Waals surface area contributed by atoms with Gasteiger partial charge in [-0.3, -0.25) is 4.79 Å². The van der Waals surface area contributed by atoms with Gasteiger partial charge in [0.05, 0.1) is 5.56 Å². The van der Waals surface area contributed by atoms with Crippen LogP contribution in [0, 0.1) is 0 Å². The SMILES string of the molecule is O=C(OC(C(=O)NC1CC1)c1ccccc1)c1cccc(OC(F)F)c1. The van der Waals surface area contributed by atoms with Crippen molar-refractivity contribution >= 4 is 11.9 Å². The summed E-state index contributed by atoms with van der Waals surface area (Å²) in [5, 5.41) is 2.81. The number of ether oxygens (including phenoxy) is 2. The Morgan fingerprint density at radius 2 is 1.77 bits per heavy atom. The van der Waals surface area contributed by atoms with Gasteiger partial charge in [-0.25, -0.2) is 4.79 Å². The maximum Gasteiger partial charge on any atom is 0.387 e. The molecular formula is C19H17F2NO4. The van der Waals surface area contributed by atoms with Crippen LogP contribution < -0.4 is 10.1 Å². The zero-order chi connectivity index (χ0) is 18.5. The summed E-state index contributed by atoms with van der Waals surface area (Å²) in [4.78, 5) is 24.9. The average Bonchev–Trinajstić information content (AvgIpc) is 3.43. The Morgan fingerprint density at radius 1 is 1.04 bits per heavy atom. The maximum absolute atomic E-state index is 12.5. The van der Waals surface area contributed by atoms with Crippen LogP contribution in [0.2, 0.25) is 0 Å². The van der Waals surface area contributed by atoms with E-state index in [2.05, 4.69) is 10.1 Å². The summed E-state index contributed by atoms with van der Waals surface area (Å²) in [6.07, 6.45) is 0.673. The van der Waals surface area contributed by atoms with Gasteiger partial charge in [-0.15, -0.1) is 0 Å². The van der Waals surface area contributed by atoms with E-state index in [0.717, 1.165) is 18.9 Å². The summed E-state index contributed by atoms with van der Waals surface area (Å²) >= 11 is 0. The Labute approximate surface area is 148 Å². The highest BCUT2D eigenvalue weighted by Crippen LogP contribution is 2.25. The number of halogens is 2. The Balaban J connectivity index is 1.77. The van der Waals surface area contributed by atoms with Gasteiger partial charge in [0.25, 0.3) is 5.91 Å². The van der Waals surface area contributed by atoms with E-state index in [1.165, 1.54) is 18.2 Å². The molecule has 1 saturated carbocycles. The first-order valence-electron chi connectivity index (χ1n) is 8.14. The first-order chi connectivity index (χ1) is 12.5. The molecule has 1 unspecified atom stereocenters. The Hall–Kier alpha value is -2.96. The maximum atomic E-state index is 12.5. The van der Waals surface area contributed by atoms with E-state index < -0.39 is 24.6 Å². The van der Waals surface area contributed by atoms with E-state index in [1.54, 1.807) is 30.3 Å². The Morgan fingerprint density at radius 3 is 2.42 bits per heavy atom. The Bertz CT molecular complexity index is 778. The van der Waals surface area contributed by atoms with Gasteiger partial charge in [0.2, 0.25) is 6.10 Å². The normalized spacial score (nSPS) is 14.6. The molecule has 0 heterocycles. The number of carbonyl (C=O) groups is 2. The minimum Gasteiger partial charge on any atom is -0.444 e. The van der Waals surface area contributed by atoms with Crippen LogP contribution in [0.15, 0.2) is 54.6 Å². The van der Waals surface area contributed by atoms with Crippen LogP contribution >= 0.6 is 0 Å². The molecule has 0 aliphatic heterocycles. The van der Waals surface area contributed by atoms with Crippen molar-refractivity contribution < 1.29 is 27.8 Å². The van der Waals surface area contributed by atoms with Crippen LogP contribution in [0.4, 0.5) is 8.78 Å². The van der Waals surface area contributed by atoms with Gasteiger partial charge in [-0.05, 0) is 31.0 Å². The second-order valence-corrected chi connectivity index (χ2v) is 5.89. The summed E-state index contributed by atoms with van der Waals surface area (Å²) in [6, 6.07) is 14.0. The third kappa shape index (κ3) is 4.78. The van der Waals surface area contributed by atoms with Crippen LogP contribution in [0.1, 0.15) is 34.9 Å². The second-order valence-electron chi connectivity index (χ2n) is 5.89. The highest BCUT2D eigenvalue weighted by atomic mass is 19.3. The molecule has 0 radical (unpaired) electrons. The average molecular weight is 361 g/mol. The number of hydrogen-bond acceptors (Lipinski definition) is 4. The quantitative estimate of drug-likeness (QED) is 0.767. The molecule has 1 aliphatic carbocycles. The van der Waals surface area contributed by atoms with Crippen molar-refractivity contribution in [2.45, 2.75) is 31.6 Å². The van der Waals surface area contributed by atoms with Crippen LogP contribution in [0.25, 0.3) is 0 Å². The fraction of sp³-hybridized carbons (Fsp3) is 0.263. The molecule has 1 atom stereocenters. The number of rotatable bonds is 7. The van der Waals surface area contributed by atoms with E-state index in [4.69, 9.17) is 4.74 Å². The van der Waals surface area contributed by atoms with Crippen LogP contribution in [-0.2, 0) is 9.53 Å². The lowest BCUT2D eigenvalue weighted by atomic mass is 10.1. The molecule has 7 heteroatoms. The van der Waals surface area contributed by atoms with Gasteiger partial charge < -0.3 is 14.8 Å². The van der Waals surface area contributed by atoms with Gasteiger partial charge in [-0.1, -0.05) is 36.4 Å². The largest absolute Gasteiger partial charge is 0.444 e. The molecule has 2 aromatic carbocycles. The third-order valence-electron chi connectivity index (χ3n) is 3.78. The number of nitrogens with one attached hydrogen (secondary N) is 1. The molecule has 0 aromatic heterocycles. The molecule has 136 valence electrons. The molecular weight excluding hydrogens is 344 g/mol. The standard InChI is InChI=1S/C19H17F2NO4/c20-19(21)25-15-8-4-7-13(11-15)18(24)26-16(12-5-2-1-3-6-12)17(23)22-14-9-10-14/h1-8,11,14,16,19H,9-10H2,(H,22,23). The first kappa shape index (κ1) is 17.8. The lowest BCUT2D eigenvalue weighted by molar-refractivity contribution is -0.130. The van der Waals surface area contributed by atoms with Crippen LogP contribution in [-0.4, -0.2) is 24.5 Å². The number of amides is 1. The smallest absolute Gasteiger partial charge is 0.387 e. The lowest BCUT2D eigenvalue weighted by Crippen LogP contribution is -2.33. The van der Waals surface area contributed by atoms with Gasteiger partial charge in [0, 0.05) is 11.6 Å². The van der Waals surface area contributed by atoms with Crippen LogP contribution in [0.5, 0.6) is 5.75 Å². The summed E-state index contributed by atoms with van der Waals surface area (Å²) < 4.78 is 34.3. The minimum atomic E-state index is -3.00. The summed E-state index contributed by atoms with van der Waals surface area (Å²) in [5.41, 5.74) is 0.544. The van der Waals surface area contributed by atoms with Crippen LogP contribution in [0.3, 0.4) is 0 Å². The highest BCUT2D eigenvalue weighted by Gasteiger charge is 2.31. The molecule has 0 saturated heterocycles. The van der Waals surface area contributed by atoms with Crippen molar-refractivity contribution in [3.63, 3.8) is 0 Å². The number of carbonyl (C=O) groups excluding carboxylic acids is 2. The fourth-order valence-corrected chi connectivity index (χ4v) is 2.38. The molecule has 5 nitrogen and oxygen atoms in total. The van der Waals surface area contributed by atoms with Crippen molar-refractivity contribution in [2.24, 2.45) is 0 Å². The fourth-order valence-electron chi connectivity index (χ4n) is 2.38. The van der Waals surface area contributed by atoms with E-state index in [9.17, 15) is 18.4 Å². The van der Waals surface area contributed by atoms with Crippen molar-refractivity contribution in [1.82, 2.24) is 5.32 Å². The number of alkyl halides is 2. The van der Waals surface area contributed by atoms with E-state index in [0.29, 0.717) is 5.56 Å². The predicted octanol–water partition coefficient (Wildman–Crippen LogP) is 3.46. The Kier molecular flexibility index (Phi) is 5.46. The predicted molar refractivity (Wildman–Crippen MR) is 88.8 cm³/mol. The van der Waals surface area contributed by atoms with E-state index >= 15 is 0 Å². The van der Waals surface area contributed by atoms with Crippen molar-refractivity contribution in [3.8, 4) is 5.75 Å². The van der Waals surface area contributed by atoms with E-state index in [-0.39, 0.29) is 17.4 Å². The van der Waals surface area contributed by atoms with Gasteiger partial charge in [0.1, 0.15) is 5.75 Å². The van der Waals surface area contributed by atoms with Crippen molar-refractivity contribution in [3.05, 3.63) is 65.7 Å². The lowest BCUT2D eigenvalue weighted by Gasteiger charge is -2.18. The highest BCUT2D eigenvalue weighted by molar-refractivity contribution is 5.93. The summed E-state index contributed by atoms with van der Waals surface area (Å²) in [5.74, 6) is -1.37. The summed E-state index contributed by atoms with van der Waals surface area (Å²) in [6.45, 7) is -3.00. The number of benzene rings is 2. The van der Waals surface area contributed by atoms with Gasteiger partial charge >= 0.3 is 12.6 Å². The number of esters is 1. The summed E-state index contributed by atoms with van der Waals surface area (Å²) in [7, 11) is 0. The van der Waals surface area contributed by atoms with Gasteiger partial charge in [0.15, 0.2) is 0 Å². The molecule has 1 aliphatic rings. The molecule has 1 N–H and O–H groups in total. The zero-order valence-electron chi connectivity index (χ0n) is 13.7. The molecule has 26 heavy (non-hydrogen) atoms. The van der Waals surface area contributed by atoms with Crippen molar-refractivity contribution in [2.75, 3.05) is 0 Å². The molecule has 3 rings (SSSR count). The monoisotopic (exact) mass is 361 g/mol. The minimum absolute atomic E-state index is 0.0169. The first-order valence-corrected chi connectivity index (χ1v) is 8.14. The molecule has 1 amide bonds. The third-order valence-corrected chi connectivity index (χ3v) is 3.78. The topological polar surface area (TPSA) is 64.6 Å². The molecule has 0 bridgehead atoms. The van der Waals surface area contributed by atoms with Crippen molar-refractivity contribution in [1.29, 1.82) is 0 Å². The molecule has 0 spiro atoms. The second kappa shape index (κ2) is 7.95. The zero-order valence-corrected chi connectivity index (χ0v) is 13.7. The van der Waals surface area contributed by atoms with E-state index in [1.807, 2.05) is 0 Å². The molecule has 1 fully saturated rings. The number of hydrogen-bond donors (Lipinski definition) is 1.